The molecule has 3 heterocycles. The SMILES string of the molecule is CC(C)(C)OC(=O)N1CCC(c2cc(=O)[nH]c3c4c(NC(=O)c5ccc(C(C)(C)C)cc5)cccc4nn23)CC1. The van der Waals surface area contributed by atoms with Crippen molar-refractivity contribution in [2.45, 2.75) is 71.3 Å². The van der Waals surface area contributed by atoms with Gasteiger partial charge in [0.2, 0.25) is 0 Å². The van der Waals surface area contributed by atoms with Crippen molar-refractivity contribution in [1.29, 1.82) is 0 Å². The fraction of sp³-hybridized carbons (Fsp3) is 0.419. The highest BCUT2D eigenvalue weighted by Crippen LogP contribution is 2.32. The number of aromatic amines is 1. The van der Waals surface area contributed by atoms with Gasteiger partial charge in [-0.3, -0.25) is 9.59 Å². The number of benzene rings is 2. The molecular formula is C31H37N5O4. The van der Waals surface area contributed by atoms with Crippen LogP contribution in [0.15, 0.2) is 53.3 Å². The van der Waals surface area contributed by atoms with Gasteiger partial charge in [0, 0.05) is 30.6 Å². The van der Waals surface area contributed by atoms with Crippen LogP contribution in [0.2, 0.25) is 0 Å². The van der Waals surface area contributed by atoms with Crippen molar-refractivity contribution in [3.05, 3.63) is 75.7 Å². The van der Waals surface area contributed by atoms with Gasteiger partial charge in [0.05, 0.1) is 22.3 Å². The Morgan fingerprint density at radius 2 is 1.68 bits per heavy atom. The Kier molecular flexibility index (Phi) is 6.94. The molecule has 0 aliphatic carbocycles. The number of nitrogens with one attached hydrogen (secondary N) is 2. The third-order valence-electron chi connectivity index (χ3n) is 7.29. The molecule has 1 aliphatic heterocycles. The van der Waals surface area contributed by atoms with E-state index in [0.29, 0.717) is 53.7 Å². The van der Waals surface area contributed by atoms with E-state index in [4.69, 9.17) is 9.84 Å². The number of likely N-dealkylation sites (tertiary alicyclic amines) is 1. The molecule has 4 aromatic rings. The van der Waals surface area contributed by atoms with E-state index in [1.165, 1.54) is 0 Å². The zero-order chi connectivity index (χ0) is 28.8. The molecule has 0 saturated carbocycles. The number of hydrogen-bond acceptors (Lipinski definition) is 5. The van der Waals surface area contributed by atoms with E-state index in [1.807, 2.05) is 63.2 Å². The second kappa shape index (κ2) is 10.1. The van der Waals surface area contributed by atoms with Crippen LogP contribution in [0.25, 0.3) is 16.6 Å². The van der Waals surface area contributed by atoms with Crippen molar-refractivity contribution < 1.29 is 14.3 Å². The van der Waals surface area contributed by atoms with Crippen LogP contribution in [0, 0.1) is 0 Å². The fourth-order valence-corrected chi connectivity index (χ4v) is 5.18. The summed E-state index contributed by atoms with van der Waals surface area (Å²) in [5.74, 6) is -0.197. The smallest absolute Gasteiger partial charge is 0.410 e. The number of nitrogens with zero attached hydrogens (tertiary/aromatic N) is 3. The average Bonchev–Trinajstić information content (AvgIpc) is 3.26. The molecule has 2 amide bonds. The quantitative estimate of drug-likeness (QED) is 0.337. The van der Waals surface area contributed by atoms with E-state index in [2.05, 4.69) is 31.1 Å². The Morgan fingerprint density at radius 3 is 2.30 bits per heavy atom. The summed E-state index contributed by atoms with van der Waals surface area (Å²) < 4.78 is 7.30. The molecule has 9 nitrogen and oxygen atoms in total. The van der Waals surface area contributed by atoms with Crippen molar-refractivity contribution in [3.63, 3.8) is 0 Å². The number of carbonyl (C=O) groups is 2. The maximum Gasteiger partial charge on any atom is 0.410 e. The Hall–Kier alpha value is -4.14. The van der Waals surface area contributed by atoms with Gasteiger partial charge < -0.3 is 19.9 Å². The monoisotopic (exact) mass is 543 g/mol. The van der Waals surface area contributed by atoms with Crippen molar-refractivity contribution >= 4 is 34.2 Å². The zero-order valence-corrected chi connectivity index (χ0v) is 24.0. The lowest BCUT2D eigenvalue weighted by Crippen LogP contribution is -2.41. The van der Waals surface area contributed by atoms with E-state index in [0.717, 1.165) is 11.3 Å². The number of ether oxygens (including phenoxy) is 1. The van der Waals surface area contributed by atoms with E-state index in [9.17, 15) is 14.4 Å². The number of H-pyrrole nitrogens is 1. The Morgan fingerprint density at radius 1 is 1.00 bits per heavy atom. The molecular weight excluding hydrogens is 506 g/mol. The number of hydrogen-bond donors (Lipinski definition) is 2. The molecule has 0 bridgehead atoms. The molecule has 2 aromatic heterocycles. The number of carbonyl (C=O) groups excluding carboxylic acids is 2. The molecule has 9 heteroatoms. The van der Waals surface area contributed by atoms with Gasteiger partial charge in [-0.15, -0.1) is 0 Å². The van der Waals surface area contributed by atoms with Crippen molar-refractivity contribution in [2.75, 3.05) is 18.4 Å². The summed E-state index contributed by atoms with van der Waals surface area (Å²) in [6.45, 7) is 13.0. The number of aromatic nitrogens is 3. The molecule has 1 fully saturated rings. The molecule has 1 aliphatic rings. The Labute approximate surface area is 233 Å². The lowest BCUT2D eigenvalue weighted by Gasteiger charge is -2.33. The molecule has 0 spiro atoms. The minimum atomic E-state index is -0.551. The summed E-state index contributed by atoms with van der Waals surface area (Å²) in [6, 6.07) is 14.7. The van der Waals surface area contributed by atoms with Gasteiger partial charge in [-0.2, -0.15) is 5.10 Å². The van der Waals surface area contributed by atoms with Crippen LogP contribution < -0.4 is 10.9 Å². The van der Waals surface area contributed by atoms with Gasteiger partial charge in [0.1, 0.15) is 11.2 Å². The summed E-state index contributed by atoms with van der Waals surface area (Å²) in [5.41, 5.74) is 3.46. The molecule has 0 atom stereocenters. The lowest BCUT2D eigenvalue weighted by molar-refractivity contribution is 0.0203. The maximum atomic E-state index is 13.2. The highest BCUT2D eigenvalue weighted by Gasteiger charge is 2.29. The minimum Gasteiger partial charge on any atom is -0.444 e. The fourth-order valence-electron chi connectivity index (χ4n) is 5.18. The highest BCUT2D eigenvalue weighted by atomic mass is 16.6. The van der Waals surface area contributed by atoms with Crippen LogP contribution in [0.3, 0.4) is 0 Å². The van der Waals surface area contributed by atoms with Gasteiger partial charge in [-0.05, 0) is 68.9 Å². The molecule has 2 aromatic carbocycles. The molecule has 40 heavy (non-hydrogen) atoms. The minimum absolute atomic E-state index is 0.00632. The van der Waals surface area contributed by atoms with E-state index < -0.39 is 5.60 Å². The van der Waals surface area contributed by atoms with Crippen LogP contribution in [-0.4, -0.2) is 50.2 Å². The highest BCUT2D eigenvalue weighted by molar-refractivity contribution is 6.11. The average molecular weight is 544 g/mol. The maximum absolute atomic E-state index is 13.2. The van der Waals surface area contributed by atoms with Crippen LogP contribution in [0.5, 0.6) is 0 Å². The molecule has 0 unspecified atom stereocenters. The van der Waals surface area contributed by atoms with Crippen molar-refractivity contribution in [3.8, 4) is 0 Å². The van der Waals surface area contributed by atoms with Crippen molar-refractivity contribution in [1.82, 2.24) is 19.5 Å². The van der Waals surface area contributed by atoms with E-state index >= 15 is 0 Å². The third kappa shape index (κ3) is 5.59. The number of fused-ring (bicyclic) bond motifs is 3. The Balaban J connectivity index is 1.43. The van der Waals surface area contributed by atoms with Crippen LogP contribution in [0.4, 0.5) is 10.5 Å². The number of amides is 2. The number of rotatable bonds is 3. The van der Waals surface area contributed by atoms with Crippen LogP contribution >= 0.6 is 0 Å². The molecule has 1 saturated heterocycles. The first-order valence-corrected chi connectivity index (χ1v) is 13.7. The summed E-state index contributed by atoms with van der Waals surface area (Å²) in [6.07, 6.45) is 1.05. The summed E-state index contributed by atoms with van der Waals surface area (Å²) in [4.78, 5) is 43.2. The number of piperidine rings is 1. The van der Waals surface area contributed by atoms with Gasteiger partial charge >= 0.3 is 6.09 Å². The second-order valence-electron chi connectivity index (χ2n) is 12.5. The van der Waals surface area contributed by atoms with Gasteiger partial charge in [-0.1, -0.05) is 39.0 Å². The first-order valence-electron chi connectivity index (χ1n) is 13.7. The van der Waals surface area contributed by atoms with Crippen LogP contribution in [0.1, 0.15) is 81.9 Å². The normalized spacial score (nSPS) is 15.0. The van der Waals surface area contributed by atoms with E-state index in [-0.39, 0.29) is 28.9 Å². The molecule has 5 rings (SSSR count). The van der Waals surface area contributed by atoms with Gasteiger partial charge in [0.25, 0.3) is 11.5 Å². The predicted octanol–water partition coefficient (Wildman–Crippen LogP) is 5.84. The molecule has 210 valence electrons. The standard InChI is InChI=1S/C31H37N5O4/c1-30(2,3)21-12-10-20(11-13-21)28(38)32-22-8-7-9-23-26(22)27-33-25(37)18-24(36(27)34-23)19-14-16-35(17-15-19)29(39)40-31(4,5)6/h7-13,18-19H,14-17H2,1-6H3,(H,32,38)(H,33,37). The zero-order valence-electron chi connectivity index (χ0n) is 24.0. The second-order valence-corrected chi connectivity index (χ2v) is 12.5. The van der Waals surface area contributed by atoms with Gasteiger partial charge in [-0.25, -0.2) is 9.31 Å². The summed E-state index contributed by atoms with van der Waals surface area (Å²) >= 11 is 0. The first kappa shape index (κ1) is 27.4. The summed E-state index contributed by atoms with van der Waals surface area (Å²) in [7, 11) is 0. The van der Waals surface area contributed by atoms with E-state index in [1.54, 1.807) is 15.5 Å². The van der Waals surface area contributed by atoms with Crippen molar-refractivity contribution in [2.24, 2.45) is 0 Å². The predicted molar refractivity (Wildman–Crippen MR) is 156 cm³/mol. The third-order valence-corrected chi connectivity index (χ3v) is 7.29. The molecule has 0 radical (unpaired) electrons. The largest absolute Gasteiger partial charge is 0.444 e. The lowest BCUT2D eigenvalue weighted by atomic mass is 9.87. The van der Waals surface area contributed by atoms with Gasteiger partial charge in [0.15, 0.2) is 0 Å². The number of anilines is 1. The summed E-state index contributed by atoms with van der Waals surface area (Å²) in [5, 5.41) is 8.50. The first-order chi connectivity index (χ1) is 18.8. The Bertz CT molecular complexity index is 1630. The molecule has 2 N–H and O–H groups in total. The van der Waals surface area contributed by atoms with Crippen LogP contribution in [-0.2, 0) is 10.2 Å². The topological polar surface area (TPSA) is 109 Å².